The molecule has 0 radical (unpaired) electrons. The second-order valence-electron chi connectivity index (χ2n) is 4.40. The van der Waals surface area contributed by atoms with Crippen molar-refractivity contribution in [2.45, 2.75) is 6.61 Å². The molecule has 2 rings (SSSR count). The molecule has 1 aliphatic heterocycles. The minimum Gasteiger partial charge on any atom is -0.433 e. The van der Waals surface area contributed by atoms with Gasteiger partial charge in [0.15, 0.2) is 5.75 Å². The van der Waals surface area contributed by atoms with Crippen LogP contribution in [0.4, 0.5) is 20.2 Å². The molecule has 0 aromatic heterocycles. The average Bonchev–Trinajstić information content (AvgIpc) is 2.30. The van der Waals surface area contributed by atoms with E-state index in [-0.39, 0.29) is 5.75 Å². The van der Waals surface area contributed by atoms with Crippen LogP contribution in [0.1, 0.15) is 0 Å². The molecule has 0 unspecified atom stereocenters. The Bertz CT molecular complexity index is 406. The first-order valence-corrected chi connectivity index (χ1v) is 5.84. The molecule has 1 aromatic rings. The van der Waals surface area contributed by atoms with Crippen LogP contribution in [0.3, 0.4) is 0 Å². The maximum Gasteiger partial charge on any atom is 0.387 e. The SMILES string of the molecule is CN1CCN(c2ccc(N)cc2OC(F)F)CC1. The number of hydrogen-bond acceptors (Lipinski definition) is 4. The normalized spacial score (nSPS) is 17.2. The van der Waals surface area contributed by atoms with E-state index in [0.717, 1.165) is 26.2 Å². The summed E-state index contributed by atoms with van der Waals surface area (Å²) in [7, 11) is 2.04. The van der Waals surface area contributed by atoms with Crippen LogP contribution in [0.2, 0.25) is 0 Å². The standard InChI is InChI=1S/C12H17F2N3O/c1-16-4-6-17(7-5-16)10-3-2-9(15)8-11(10)18-12(13)14/h2-3,8,12H,4-7,15H2,1H3. The zero-order valence-corrected chi connectivity index (χ0v) is 10.3. The summed E-state index contributed by atoms with van der Waals surface area (Å²) in [4.78, 5) is 4.23. The van der Waals surface area contributed by atoms with Crippen LogP contribution in [-0.2, 0) is 0 Å². The highest BCUT2D eigenvalue weighted by Gasteiger charge is 2.19. The molecule has 0 bridgehead atoms. The molecule has 1 fully saturated rings. The Morgan fingerprint density at radius 1 is 1.22 bits per heavy atom. The van der Waals surface area contributed by atoms with Gasteiger partial charge in [0.2, 0.25) is 0 Å². The number of piperazine rings is 1. The van der Waals surface area contributed by atoms with E-state index in [1.807, 2.05) is 11.9 Å². The molecule has 0 saturated carbocycles. The van der Waals surface area contributed by atoms with Gasteiger partial charge in [-0.15, -0.1) is 0 Å². The molecule has 0 spiro atoms. The number of anilines is 2. The third kappa shape index (κ3) is 3.01. The zero-order valence-electron chi connectivity index (χ0n) is 10.3. The Morgan fingerprint density at radius 3 is 2.50 bits per heavy atom. The number of ether oxygens (including phenoxy) is 1. The van der Waals surface area contributed by atoms with Gasteiger partial charge in [0.05, 0.1) is 5.69 Å². The zero-order chi connectivity index (χ0) is 13.1. The minimum atomic E-state index is -2.84. The van der Waals surface area contributed by atoms with Gasteiger partial charge in [-0.1, -0.05) is 0 Å². The smallest absolute Gasteiger partial charge is 0.387 e. The van der Waals surface area contributed by atoms with E-state index in [1.54, 1.807) is 12.1 Å². The van der Waals surface area contributed by atoms with Crippen molar-refractivity contribution >= 4 is 11.4 Å². The number of nitrogens with two attached hydrogens (primary N) is 1. The van der Waals surface area contributed by atoms with Gasteiger partial charge in [0.25, 0.3) is 0 Å². The summed E-state index contributed by atoms with van der Waals surface area (Å²) in [6, 6.07) is 4.88. The average molecular weight is 257 g/mol. The van der Waals surface area contributed by atoms with Crippen molar-refractivity contribution in [1.29, 1.82) is 0 Å². The predicted octanol–water partition coefficient (Wildman–Crippen LogP) is 1.62. The van der Waals surface area contributed by atoms with Gasteiger partial charge >= 0.3 is 6.61 Å². The number of rotatable bonds is 3. The highest BCUT2D eigenvalue weighted by molar-refractivity contribution is 5.64. The summed E-state index contributed by atoms with van der Waals surface area (Å²) in [5.41, 5.74) is 6.70. The van der Waals surface area contributed by atoms with E-state index in [0.29, 0.717) is 11.4 Å². The molecule has 100 valence electrons. The van der Waals surface area contributed by atoms with E-state index < -0.39 is 6.61 Å². The molecule has 2 N–H and O–H groups in total. The van der Waals surface area contributed by atoms with E-state index in [2.05, 4.69) is 9.64 Å². The lowest BCUT2D eigenvalue weighted by Gasteiger charge is -2.34. The van der Waals surface area contributed by atoms with Crippen LogP contribution in [0.5, 0.6) is 5.75 Å². The molecule has 0 aliphatic carbocycles. The number of halogens is 2. The Morgan fingerprint density at radius 2 is 1.89 bits per heavy atom. The molecule has 1 heterocycles. The molecular weight excluding hydrogens is 240 g/mol. The fraction of sp³-hybridized carbons (Fsp3) is 0.500. The van der Waals surface area contributed by atoms with Crippen LogP contribution in [-0.4, -0.2) is 44.7 Å². The van der Waals surface area contributed by atoms with Crippen LogP contribution >= 0.6 is 0 Å². The predicted molar refractivity (Wildman–Crippen MR) is 67.2 cm³/mol. The number of nitrogens with zero attached hydrogens (tertiary/aromatic N) is 2. The summed E-state index contributed by atoms with van der Waals surface area (Å²) in [5.74, 6) is 0.148. The van der Waals surface area contributed by atoms with Gasteiger partial charge in [0, 0.05) is 37.9 Å². The van der Waals surface area contributed by atoms with Crippen molar-refractivity contribution in [3.8, 4) is 5.75 Å². The van der Waals surface area contributed by atoms with E-state index in [4.69, 9.17) is 5.73 Å². The summed E-state index contributed by atoms with van der Waals surface area (Å²) in [6.45, 7) is 0.551. The summed E-state index contributed by atoms with van der Waals surface area (Å²) in [6.07, 6.45) is 0. The molecule has 0 atom stereocenters. The van der Waals surface area contributed by atoms with Crippen LogP contribution < -0.4 is 15.4 Å². The lowest BCUT2D eigenvalue weighted by molar-refractivity contribution is -0.0495. The maximum atomic E-state index is 12.4. The number of likely N-dealkylation sites (N-methyl/N-ethyl adjacent to an activating group) is 1. The maximum absolute atomic E-state index is 12.4. The number of benzene rings is 1. The van der Waals surface area contributed by atoms with Gasteiger partial charge in [-0.3, -0.25) is 0 Å². The third-order valence-corrected chi connectivity index (χ3v) is 3.04. The van der Waals surface area contributed by atoms with Crippen molar-refractivity contribution < 1.29 is 13.5 Å². The number of nitrogen functional groups attached to an aromatic ring is 1. The Hall–Kier alpha value is -1.56. The highest BCUT2D eigenvalue weighted by atomic mass is 19.3. The molecule has 1 aromatic carbocycles. The van der Waals surface area contributed by atoms with E-state index >= 15 is 0 Å². The first-order valence-electron chi connectivity index (χ1n) is 5.84. The molecular formula is C12H17F2N3O. The molecule has 0 amide bonds. The third-order valence-electron chi connectivity index (χ3n) is 3.04. The summed E-state index contributed by atoms with van der Waals surface area (Å²) in [5, 5.41) is 0. The minimum absolute atomic E-state index is 0.148. The summed E-state index contributed by atoms with van der Waals surface area (Å²) < 4.78 is 29.3. The van der Waals surface area contributed by atoms with Crippen molar-refractivity contribution in [3.05, 3.63) is 18.2 Å². The molecule has 1 saturated heterocycles. The van der Waals surface area contributed by atoms with E-state index in [1.165, 1.54) is 6.07 Å². The topological polar surface area (TPSA) is 41.7 Å². The van der Waals surface area contributed by atoms with Gasteiger partial charge in [-0.25, -0.2) is 0 Å². The molecule has 18 heavy (non-hydrogen) atoms. The number of alkyl halides is 2. The lowest BCUT2D eigenvalue weighted by Crippen LogP contribution is -2.44. The Labute approximate surface area is 105 Å². The van der Waals surface area contributed by atoms with Crippen LogP contribution in [0.15, 0.2) is 18.2 Å². The van der Waals surface area contributed by atoms with Crippen molar-refractivity contribution in [3.63, 3.8) is 0 Å². The molecule has 1 aliphatic rings. The Balaban J connectivity index is 2.20. The van der Waals surface area contributed by atoms with Gasteiger partial charge in [0.1, 0.15) is 0 Å². The first kappa shape index (κ1) is 12.9. The van der Waals surface area contributed by atoms with Crippen LogP contribution in [0.25, 0.3) is 0 Å². The van der Waals surface area contributed by atoms with Gasteiger partial charge in [-0.2, -0.15) is 8.78 Å². The van der Waals surface area contributed by atoms with Crippen molar-refractivity contribution in [2.75, 3.05) is 43.9 Å². The Kier molecular flexibility index (Phi) is 3.86. The van der Waals surface area contributed by atoms with Crippen LogP contribution in [0, 0.1) is 0 Å². The summed E-state index contributed by atoms with van der Waals surface area (Å²) >= 11 is 0. The van der Waals surface area contributed by atoms with Gasteiger partial charge < -0.3 is 20.3 Å². The first-order chi connectivity index (χ1) is 8.56. The van der Waals surface area contributed by atoms with Crippen molar-refractivity contribution in [1.82, 2.24) is 4.90 Å². The monoisotopic (exact) mass is 257 g/mol. The fourth-order valence-electron chi connectivity index (χ4n) is 2.03. The quantitative estimate of drug-likeness (QED) is 0.836. The number of hydrogen-bond donors (Lipinski definition) is 1. The van der Waals surface area contributed by atoms with Gasteiger partial charge in [-0.05, 0) is 19.2 Å². The second kappa shape index (κ2) is 5.39. The largest absolute Gasteiger partial charge is 0.433 e. The highest BCUT2D eigenvalue weighted by Crippen LogP contribution is 2.32. The lowest BCUT2D eigenvalue weighted by atomic mass is 10.2. The van der Waals surface area contributed by atoms with E-state index in [9.17, 15) is 8.78 Å². The second-order valence-corrected chi connectivity index (χ2v) is 4.40. The molecule has 4 nitrogen and oxygen atoms in total. The molecule has 6 heteroatoms. The fourth-order valence-corrected chi connectivity index (χ4v) is 2.03. The van der Waals surface area contributed by atoms with Crippen molar-refractivity contribution in [2.24, 2.45) is 0 Å².